The molecule has 0 heterocycles. The molecule has 0 aliphatic carbocycles. The lowest BCUT2D eigenvalue weighted by Crippen LogP contribution is -2.33. The van der Waals surface area contributed by atoms with Crippen molar-refractivity contribution in [3.63, 3.8) is 0 Å². The van der Waals surface area contributed by atoms with E-state index in [4.69, 9.17) is 4.74 Å². The molecule has 0 bridgehead atoms. The third-order valence-electron chi connectivity index (χ3n) is 2.29. The first kappa shape index (κ1) is 13.9. The Balaban J connectivity index is 3.40. The van der Waals surface area contributed by atoms with Gasteiger partial charge in [-0.05, 0) is 25.3 Å². The van der Waals surface area contributed by atoms with E-state index in [-0.39, 0.29) is 0 Å². The van der Waals surface area contributed by atoms with Gasteiger partial charge in [-0.25, -0.2) is 0 Å². The number of likely N-dealkylation sites (N-methyl/N-ethyl adjacent to an activating group) is 1. The second-order valence-electron chi connectivity index (χ2n) is 4.30. The van der Waals surface area contributed by atoms with E-state index >= 15 is 0 Å². The van der Waals surface area contributed by atoms with Crippen LogP contribution in [-0.4, -0.2) is 25.8 Å². The van der Waals surface area contributed by atoms with Crippen molar-refractivity contribution < 1.29 is 4.74 Å². The average Bonchev–Trinajstić information content (AvgIpc) is 2.12. The molecule has 1 atom stereocenters. The second kappa shape index (κ2) is 9.47. The van der Waals surface area contributed by atoms with Gasteiger partial charge >= 0.3 is 0 Å². The Kier molecular flexibility index (Phi) is 9.42. The van der Waals surface area contributed by atoms with E-state index in [1.807, 2.05) is 0 Å². The molecule has 1 unspecified atom stereocenters. The molecule has 86 valence electrons. The van der Waals surface area contributed by atoms with Crippen LogP contribution in [0.5, 0.6) is 0 Å². The molecule has 0 spiro atoms. The van der Waals surface area contributed by atoms with Crippen LogP contribution in [0.15, 0.2) is 0 Å². The molecule has 0 amide bonds. The highest BCUT2D eigenvalue weighted by molar-refractivity contribution is 4.63. The number of rotatable bonds is 9. The van der Waals surface area contributed by atoms with E-state index in [0.717, 1.165) is 25.7 Å². The molecule has 0 fully saturated rings. The van der Waals surface area contributed by atoms with E-state index in [2.05, 4.69) is 33.0 Å². The summed E-state index contributed by atoms with van der Waals surface area (Å²) in [5.41, 5.74) is 0. The predicted octanol–water partition coefficient (Wildman–Crippen LogP) is 2.83. The summed E-state index contributed by atoms with van der Waals surface area (Å²) in [6.07, 6.45) is 3.62. The topological polar surface area (TPSA) is 21.3 Å². The Morgan fingerprint density at radius 3 is 2.36 bits per heavy atom. The fraction of sp³-hybridized carbons (Fsp3) is 1.00. The first-order valence-corrected chi connectivity index (χ1v) is 6.01. The predicted molar refractivity (Wildman–Crippen MR) is 62.6 cm³/mol. The molecule has 0 aromatic heterocycles. The SMILES string of the molecule is CCCC(COCCC(C)C)NCC. The lowest BCUT2D eigenvalue weighted by Gasteiger charge is -2.17. The summed E-state index contributed by atoms with van der Waals surface area (Å²) in [5, 5.41) is 3.45. The Labute approximate surface area is 89.4 Å². The van der Waals surface area contributed by atoms with E-state index in [0.29, 0.717) is 6.04 Å². The van der Waals surface area contributed by atoms with Gasteiger partial charge in [-0.3, -0.25) is 0 Å². The van der Waals surface area contributed by atoms with Crippen molar-refractivity contribution in [2.45, 2.75) is 53.0 Å². The molecule has 1 N–H and O–H groups in total. The fourth-order valence-electron chi connectivity index (χ4n) is 1.43. The van der Waals surface area contributed by atoms with Crippen LogP contribution in [0, 0.1) is 5.92 Å². The minimum absolute atomic E-state index is 0.553. The zero-order chi connectivity index (χ0) is 10.8. The third kappa shape index (κ3) is 8.52. The van der Waals surface area contributed by atoms with E-state index in [9.17, 15) is 0 Å². The molecular formula is C12H27NO. The molecule has 0 saturated carbocycles. The zero-order valence-electron chi connectivity index (χ0n) is 10.3. The van der Waals surface area contributed by atoms with Crippen molar-refractivity contribution in [2.75, 3.05) is 19.8 Å². The summed E-state index contributed by atoms with van der Waals surface area (Å²) in [7, 11) is 0. The van der Waals surface area contributed by atoms with E-state index in [1.54, 1.807) is 0 Å². The summed E-state index contributed by atoms with van der Waals surface area (Å²) in [6, 6.07) is 0.553. The van der Waals surface area contributed by atoms with E-state index < -0.39 is 0 Å². The van der Waals surface area contributed by atoms with Gasteiger partial charge in [0.25, 0.3) is 0 Å². The van der Waals surface area contributed by atoms with Crippen LogP contribution in [0.25, 0.3) is 0 Å². The van der Waals surface area contributed by atoms with Crippen LogP contribution in [0.3, 0.4) is 0 Å². The van der Waals surface area contributed by atoms with Crippen LogP contribution in [0.2, 0.25) is 0 Å². The normalized spacial score (nSPS) is 13.5. The van der Waals surface area contributed by atoms with Crippen LogP contribution in [0.1, 0.15) is 47.0 Å². The quantitative estimate of drug-likeness (QED) is 0.579. The van der Waals surface area contributed by atoms with Gasteiger partial charge in [-0.2, -0.15) is 0 Å². The molecule has 14 heavy (non-hydrogen) atoms. The zero-order valence-corrected chi connectivity index (χ0v) is 10.3. The largest absolute Gasteiger partial charge is 0.380 e. The summed E-state index contributed by atoms with van der Waals surface area (Å²) >= 11 is 0. The maximum Gasteiger partial charge on any atom is 0.0619 e. The molecule has 0 aromatic rings. The number of ether oxygens (including phenoxy) is 1. The molecule has 0 rings (SSSR count). The Morgan fingerprint density at radius 2 is 1.86 bits per heavy atom. The maximum absolute atomic E-state index is 5.65. The van der Waals surface area contributed by atoms with Crippen molar-refractivity contribution >= 4 is 0 Å². The van der Waals surface area contributed by atoms with Crippen molar-refractivity contribution in [1.82, 2.24) is 5.32 Å². The summed E-state index contributed by atoms with van der Waals surface area (Å²) < 4.78 is 5.65. The monoisotopic (exact) mass is 201 g/mol. The van der Waals surface area contributed by atoms with Crippen molar-refractivity contribution in [3.8, 4) is 0 Å². The third-order valence-corrected chi connectivity index (χ3v) is 2.29. The molecule has 0 aromatic carbocycles. The number of hydrogen-bond acceptors (Lipinski definition) is 2. The molecule has 0 radical (unpaired) electrons. The van der Waals surface area contributed by atoms with Crippen molar-refractivity contribution in [1.29, 1.82) is 0 Å². The highest BCUT2D eigenvalue weighted by atomic mass is 16.5. The second-order valence-corrected chi connectivity index (χ2v) is 4.30. The Bertz CT molecular complexity index is 109. The number of nitrogens with one attached hydrogen (secondary N) is 1. The minimum Gasteiger partial charge on any atom is -0.380 e. The molecule has 0 saturated heterocycles. The Hall–Kier alpha value is -0.0800. The van der Waals surface area contributed by atoms with Crippen LogP contribution < -0.4 is 5.32 Å². The molecular weight excluding hydrogens is 174 g/mol. The lowest BCUT2D eigenvalue weighted by molar-refractivity contribution is 0.100. The van der Waals surface area contributed by atoms with Crippen LogP contribution in [0.4, 0.5) is 0 Å². The summed E-state index contributed by atoms with van der Waals surface area (Å²) in [4.78, 5) is 0. The van der Waals surface area contributed by atoms with Crippen LogP contribution >= 0.6 is 0 Å². The van der Waals surface area contributed by atoms with Gasteiger partial charge in [-0.1, -0.05) is 34.1 Å². The maximum atomic E-state index is 5.65. The molecule has 0 aliphatic rings. The molecule has 0 aliphatic heterocycles. The van der Waals surface area contributed by atoms with Crippen molar-refractivity contribution in [2.24, 2.45) is 5.92 Å². The van der Waals surface area contributed by atoms with Crippen LogP contribution in [-0.2, 0) is 4.74 Å². The summed E-state index contributed by atoms with van der Waals surface area (Å²) in [5.74, 6) is 0.749. The molecule has 2 heteroatoms. The first-order chi connectivity index (χ1) is 6.70. The smallest absolute Gasteiger partial charge is 0.0619 e. The fourth-order valence-corrected chi connectivity index (χ4v) is 1.43. The summed E-state index contributed by atoms with van der Waals surface area (Å²) in [6.45, 7) is 11.7. The van der Waals surface area contributed by atoms with Gasteiger partial charge < -0.3 is 10.1 Å². The van der Waals surface area contributed by atoms with Gasteiger partial charge in [0.2, 0.25) is 0 Å². The highest BCUT2D eigenvalue weighted by Gasteiger charge is 2.05. The highest BCUT2D eigenvalue weighted by Crippen LogP contribution is 2.01. The number of hydrogen-bond donors (Lipinski definition) is 1. The minimum atomic E-state index is 0.553. The van der Waals surface area contributed by atoms with E-state index in [1.165, 1.54) is 19.3 Å². The molecule has 2 nitrogen and oxygen atoms in total. The Morgan fingerprint density at radius 1 is 1.14 bits per heavy atom. The van der Waals surface area contributed by atoms with Crippen molar-refractivity contribution in [3.05, 3.63) is 0 Å². The average molecular weight is 201 g/mol. The standard InChI is InChI=1S/C12H27NO/c1-5-7-12(13-6-2)10-14-9-8-11(3)4/h11-13H,5-10H2,1-4H3. The first-order valence-electron chi connectivity index (χ1n) is 6.01. The van der Waals surface area contributed by atoms with Gasteiger partial charge in [0.05, 0.1) is 6.61 Å². The van der Waals surface area contributed by atoms with Gasteiger partial charge in [0, 0.05) is 12.6 Å². The van der Waals surface area contributed by atoms with Gasteiger partial charge in [0.1, 0.15) is 0 Å². The van der Waals surface area contributed by atoms with Gasteiger partial charge in [0.15, 0.2) is 0 Å². The lowest BCUT2D eigenvalue weighted by atomic mass is 10.1. The van der Waals surface area contributed by atoms with Gasteiger partial charge in [-0.15, -0.1) is 0 Å².